The molecular weight excluding hydrogens is 348 g/mol. The largest absolute Gasteiger partial charge is 0.380 e. The summed E-state index contributed by atoms with van der Waals surface area (Å²) in [5.74, 6) is 0. The van der Waals surface area contributed by atoms with E-state index in [9.17, 15) is 15.3 Å². The first-order chi connectivity index (χ1) is 13.6. The molecular formula is C24H16N2O2. The fraction of sp³-hybridized carbons (Fsp3) is 0.125. The van der Waals surface area contributed by atoms with Gasteiger partial charge in [-0.25, -0.2) is 0 Å². The molecule has 0 atom stereocenters. The predicted molar refractivity (Wildman–Crippen MR) is 110 cm³/mol. The molecule has 0 aliphatic carbocycles. The Morgan fingerprint density at radius 1 is 0.929 bits per heavy atom. The average molecular weight is 364 g/mol. The van der Waals surface area contributed by atoms with Gasteiger partial charge >= 0.3 is 0 Å². The molecule has 0 bridgehead atoms. The topological polar surface area (TPSA) is 73.9 Å². The minimum absolute atomic E-state index is 0.142. The van der Waals surface area contributed by atoms with Crippen molar-refractivity contribution in [3.63, 3.8) is 0 Å². The Morgan fingerprint density at radius 2 is 1.61 bits per heavy atom. The minimum atomic E-state index is -0.259. The fourth-order valence-corrected chi connectivity index (χ4v) is 3.89. The molecule has 0 radical (unpaired) electrons. The van der Waals surface area contributed by atoms with Gasteiger partial charge in [0.2, 0.25) is 0 Å². The smallest absolute Gasteiger partial charge is 0.196 e. The van der Waals surface area contributed by atoms with Crippen molar-refractivity contribution in [3.05, 3.63) is 75.1 Å². The first-order valence-electron chi connectivity index (χ1n) is 8.84. The van der Waals surface area contributed by atoms with Crippen LogP contribution < -0.4 is 10.6 Å². The minimum Gasteiger partial charge on any atom is -0.380 e. The van der Waals surface area contributed by atoms with Crippen LogP contribution in [0.15, 0.2) is 53.3 Å². The van der Waals surface area contributed by atoms with Gasteiger partial charge in [-0.05, 0) is 46.0 Å². The molecule has 134 valence electrons. The van der Waals surface area contributed by atoms with Gasteiger partial charge in [0.05, 0.1) is 11.8 Å². The van der Waals surface area contributed by atoms with Gasteiger partial charge in [0, 0.05) is 17.9 Å². The number of rotatable bonds is 3. The van der Waals surface area contributed by atoms with E-state index in [2.05, 4.69) is 0 Å². The number of methoxy groups -OCH3 is 1. The van der Waals surface area contributed by atoms with Crippen LogP contribution in [0.25, 0.3) is 38.2 Å². The van der Waals surface area contributed by atoms with Gasteiger partial charge in [-0.3, -0.25) is 4.79 Å². The highest BCUT2D eigenvalue weighted by Gasteiger charge is 2.18. The summed E-state index contributed by atoms with van der Waals surface area (Å²) in [5.41, 5.74) is 3.79. The summed E-state index contributed by atoms with van der Waals surface area (Å²) in [4.78, 5) is 12.9. The van der Waals surface area contributed by atoms with Gasteiger partial charge in [-0.15, -0.1) is 0 Å². The third kappa shape index (κ3) is 2.52. The van der Waals surface area contributed by atoms with Crippen LogP contribution in [0.5, 0.6) is 0 Å². The third-order valence-corrected chi connectivity index (χ3v) is 5.16. The van der Waals surface area contributed by atoms with Gasteiger partial charge in [0.1, 0.15) is 17.7 Å². The lowest BCUT2D eigenvalue weighted by atomic mass is 9.93. The van der Waals surface area contributed by atoms with E-state index in [1.54, 1.807) is 13.2 Å². The van der Waals surface area contributed by atoms with Crippen molar-refractivity contribution >= 4 is 27.1 Å². The zero-order chi connectivity index (χ0) is 19.8. The van der Waals surface area contributed by atoms with E-state index in [4.69, 9.17) is 4.74 Å². The molecule has 4 heteroatoms. The Bertz CT molecular complexity index is 1390. The van der Waals surface area contributed by atoms with E-state index in [0.29, 0.717) is 17.4 Å². The summed E-state index contributed by atoms with van der Waals surface area (Å²) in [6, 6.07) is 19.4. The maximum Gasteiger partial charge on any atom is 0.196 e. The van der Waals surface area contributed by atoms with Crippen molar-refractivity contribution in [2.24, 2.45) is 0 Å². The lowest BCUT2D eigenvalue weighted by Gasteiger charge is -2.11. The predicted octanol–water partition coefficient (Wildman–Crippen LogP) is 3.83. The molecule has 4 aromatic carbocycles. The van der Waals surface area contributed by atoms with Gasteiger partial charge < -0.3 is 4.74 Å². The van der Waals surface area contributed by atoms with Crippen LogP contribution in [0.3, 0.4) is 0 Å². The van der Waals surface area contributed by atoms with Crippen molar-refractivity contribution in [1.82, 2.24) is 0 Å². The molecule has 0 fully saturated rings. The van der Waals surface area contributed by atoms with E-state index in [1.165, 1.54) is 0 Å². The lowest BCUT2D eigenvalue weighted by Crippen LogP contribution is -2.21. The van der Waals surface area contributed by atoms with E-state index in [1.807, 2.05) is 61.5 Å². The van der Waals surface area contributed by atoms with Gasteiger partial charge in [-0.1, -0.05) is 42.5 Å². The van der Waals surface area contributed by atoms with Crippen molar-refractivity contribution in [2.45, 2.75) is 13.5 Å². The molecule has 0 aliphatic rings. The van der Waals surface area contributed by atoms with E-state index in [-0.39, 0.29) is 16.2 Å². The average Bonchev–Trinajstić information content (AvgIpc) is 3.00. The molecule has 28 heavy (non-hydrogen) atoms. The Morgan fingerprint density at radius 3 is 2.25 bits per heavy atom. The van der Waals surface area contributed by atoms with Crippen LogP contribution >= 0.6 is 0 Å². The number of aryl methyl sites for hydroxylation is 1. The van der Waals surface area contributed by atoms with Crippen LogP contribution in [0, 0.1) is 29.6 Å². The van der Waals surface area contributed by atoms with Crippen molar-refractivity contribution in [2.75, 3.05) is 7.11 Å². The lowest BCUT2D eigenvalue weighted by molar-refractivity contribution is 0.185. The maximum absolute atomic E-state index is 12.9. The Hall–Kier alpha value is -3.73. The van der Waals surface area contributed by atoms with Crippen LogP contribution in [0.4, 0.5) is 0 Å². The van der Waals surface area contributed by atoms with E-state index < -0.39 is 0 Å². The highest BCUT2D eigenvalue weighted by atomic mass is 16.5. The molecule has 0 unspecified atom stereocenters. The number of nitriles is 2. The summed E-state index contributed by atoms with van der Waals surface area (Å²) in [6.45, 7) is 2.56. The molecule has 0 aliphatic heterocycles. The second-order valence-corrected chi connectivity index (χ2v) is 6.77. The summed E-state index contributed by atoms with van der Waals surface area (Å²) in [6.07, 6.45) is 0. The molecule has 0 saturated heterocycles. The normalized spacial score (nSPS) is 10.9. The number of hydrogen-bond donors (Lipinski definition) is 0. The second-order valence-electron chi connectivity index (χ2n) is 6.77. The zero-order valence-corrected chi connectivity index (χ0v) is 15.5. The first kappa shape index (κ1) is 17.7. The SMILES string of the molecule is COCc1ccc(-c2ccc3c(=O)c(=C(C#N)C#N)c4ccc(C)c2c34)cc1. The second kappa shape index (κ2) is 6.78. The van der Waals surface area contributed by atoms with Crippen molar-refractivity contribution in [3.8, 4) is 23.3 Å². The molecule has 0 N–H and O–H groups in total. The maximum atomic E-state index is 12.9. The molecule has 4 nitrogen and oxygen atoms in total. The number of ether oxygens (including phenoxy) is 1. The van der Waals surface area contributed by atoms with Gasteiger partial charge in [-0.2, -0.15) is 10.5 Å². The van der Waals surface area contributed by atoms with Crippen molar-refractivity contribution in [1.29, 1.82) is 10.5 Å². The summed E-state index contributed by atoms with van der Waals surface area (Å²) < 4.78 is 5.17. The molecule has 0 saturated carbocycles. The molecule has 4 aromatic rings. The fourth-order valence-electron chi connectivity index (χ4n) is 3.89. The third-order valence-electron chi connectivity index (χ3n) is 5.16. The number of nitrogens with zero attached hydrogens (tertiary/aromatic N) is 2. The van der Waals surface area contributed by atoms with Crippen LogP contribution in [0.2, 0.25) is 0 Å². The molecule has 0 spiro atoms. The van der Waals surface area contributed by atoms with Gasteiger partial charge in [0.15, 0.2) is 5.43 Å². The van der Waals surface area contributed by atoms with E-state index >= 15 is 0 Å². The molecule has 0 aromatic heterocycles. The zero-order valence-electron chi connectivity index (χ0n) is 15.5. The molecule has 0 heterocycles. The molecule has 0 amide bonds. The Balaban J connectivity index is 2.12. The summed E-state index contributed by atoms with van der Waals surface area (Å²) in [5, 5.41) is 21.8. The summed E-state index contributed by atoms with van der Waals surface area (Å²) >= 11 is 0. The standard InChI is InChI=1S/C24H16N2O2/c1-14-3-8-19-22(17(11-25)12-26)24(27)20-10-9-18(21(14)23(19)20)16-6-4-15(5-7-16)13-28-2/h3-10H,13H2,1-2H3. The monoisotopic (exact) mass is 364 g/mol. The first-order valence-corrected chi connectivity index (χ1v) is 8.84. The highest BCUT2D eigenvalue weighted by molar-refractivity contribution is 6.18. The highest BCUT2D eigenvalue weighted by Crippen LogP contribution is 2.35. The Labute approximate surface area is 161 Å². The van der Waals surface area contributed by atoms with Crippen LogP contribution in [-0.2, 0) is 11.3 Å². The van der Waals surface area contributed by atoms with Crippen molar-refractivity contribution < 1.29 is 4.74 Å². The number of benzene rings is 3. The molecule has 4 rings (SSSR count). The van der Waals surface area contributed by atoms with Gasteiger partial charge in [0.25, 0.3) is 0 Å². The Kier molecular flexibility index (Phi) is 4.28. The van der Waals surface area contributed by atoms with Crippen LogP contribution in [-0.4, -0.2) is 7.11 Å². The quantitative estimate of drug-likeness (QED) is 0.554. The van der Waals surface area contributed by atoms with Crippen LogP contribution in [0.1, 0.15) is 11.1 Å². The summed E-state index contributed by atoms with van der Waals surface area (Å²) in [7, 11) is 1.67. The number of hydrogen-bond acceptors (Lipinski definition) is 4. The van der Waals surface area contributed by atoms with E-state index in [0.717, 1.165) is 33.0 Å².